The Balaban J connectivity index is 2.17. The van der Waals surface area contributed by atoms with Crippen LogP contribution in [0.15, 0.2) is 35.5 Å². The van der Waals surface area contributed by atoms with Crippen LogP contribution < -0.4 is 14.8 Å². The van der Waals surface area contributed by atoms with Gasteiger partial charge in [-0.05, 0) is 12.1 Å². The maximum Gasteiger partial charge on any atom is 0.235 e. The molecule has 10 heteroatoms. The van der Waals surface area contributed by atoms with E-state index in [-0.39, 0.29) is 34.3 Å². The van der Waals surface area contributed by atoms with Crippen LogP contribution in [0.4, 0.5) is 11.8 Å². The largest absolute Gasteiger partial charge is 0.481 e. The summed E-state index contributed by atoms with van der Waals surface area (Å²) in [6.07, 6.45) is 1.71. The van der Waals surface area contributed by atoms with Crippen molar-refractivity contribution in [2.24, 2.45) is 0 Å². The summed E-state index contributed by atoms with van der Waals surface area (Å²) >= 11 is 0. The van der Waals surface area contributed by atoms with Crippen molar-refractivity contribution >= 4 is 27.3 Å². The van der Waals surface area contributed by atoms with E-state index in [1.165, 1.54) is 20.3 Å². The molecule has 25 heavy (non-hydrogen) atoms. The van der Waals surface area contributed by atoms with Crippen LogP contribution in [0.5, 0.6) is 11.8 Å². The second-order valence-electron chi connectivity index (χ2n) is 5.00. The number of hydrogen-bond acceptors (Lipinski definition) is 8. The molecule has 0 amide bonds. The maximum atomic E-state index is 12.4. The molecule has 0 spiro atoms. The quantitative estimate of drug-likeness (QED) is 0.705. The monoisotopic (exact) mass is 363 g/mol. The highest BCUT2D eigenvalue weighted by atomic mass is 32.2. The Morgan fingerprint density at radius 2 is 1.80 bits per heavy atom. The molecule has 0 aromatic carbocycles. The third kappa shape index (κ3) is 3.20. The van der Waals surface area contributed by atoms with E-state index in [9.17, 15) is 8.42 Å². The predicted octanol–water partition coefficient (Wildman–Crippen LogP) is 1.68. The topological polar surface area (TPSA) is 108 Å². The van der Waals surface area contributed by atoms with Gasteiger partial charge in [-0.3, -0.25) is 4.40 Å². The summed E-state index contributed by atoms with van der Waals surface area (Å²) < 4.78 is 36.7. The third-order valence-electron chi connectivity index (χ3n) is 3.50. The van der Waals surface area contributed by atoms with E-state index in [4.69, 9.17) is 9.47 Å². The van der Waals surface area contributed by atoms with Crippen molar-refractivity contribution in [2.75, 3.05) is 25.3 Å². The number of ether oxygens (including phenoxy) is 2. The average molecular weight is 363 g/mol. The number of methoxy groups -OCH3 is 2. The third-order valence-corrected chi connectivity index (χ3v) is 5.13. The summed E-state index contributed by atoms with van der Waals surface area (Å²) in [4.78, 5) is 12.6. The summed E-state index contributed by atoms with van der Waals surface area (Å²) in [6, 6.07) is 6.78. The van der Waals surface area contributed by atoms with Gasteiger partial charge in [-0.1, -0.05) is 13.0 Å². The standard InChI is InChI=1S/C15H17N5O4S/c1-4-25(21,22)14-13(20-8-6-5-7-10(20)16-14)19-15-17-11(23-2)9-12(18-15)24-3/h5-9H,4H2,1-3H3,(H,17,18,19). The Bertz CT molecular complexity index is 994. The SMILES string of the molecule is CCS(=O)(=O)c1nc2ccccn2c1Nc1nc(OC)cc(OC)n1. The fourth-order valence-corrected chi connectivity index (χ4v) is 3.17. The highest BCUT2D eigenvalue weighted by Gasteiger charge is 2.24. The Morgan fingerprint density at radius 3 is 2.40 bits per heavy atom. The Kier molecular flexibility index (Phi) is 4.45. The molecule has 0 atom stereocenters. The number of aromatic nitrogens is 4. The van der Waals surface area contributed by atoms with Gasteiger partial charge in [0, 0.05) is 6.20 Å². The Labute approximate surface area is 144 Å². The number of pyridine rings is 1. The molecule has 132 valence electrons. The lowest BCUT2D eigenvalue weighted by molar-refractivity contribution is 0.373. The van der Waals surface area contributed by atoms with Crippen LogP contribution in [0.25, 0.3) is 5.65 Å². The van der Waals surface area contributed by atoms with Crippen molar-refractivity contribution in [3.8, 4) is 11.8 Å². The molecular formula is C15H17N5O4S. The molecule has 9 nitrogen and oxygen atoms in total. The average Bonchev–Trinajstić information content (AvgIpc) is 3.00. The number of fused-ring (bicyclic) bond motifs is 1. The molecule has 0 aliphatic carbocycles. The first-order valence-corrected chi connectivity index (χ1v) is 9.07. The van der Waals surface area contributed by atoms with Crippen LogP contribution in [-0.2, 0) is 9.84 Å². The lowest BCUT2D eigenvalue weighted by Crippen LogP contribution is -2.09. The zero-order valence-corrected chi connectivity index (χ0v) is 14.7. The van der Waals surface area contributed by atoms with Crippen LogP contribution in [0.3, 0.4) is 0 Å². The van der Waals surface area contributed by atoms with E-state index in [1.54, 1.807) is 35.7 Å². The first kappa shape index (κ1) is 17.0. The van der Waals surface area contributed by atoms with Crippen LogP contribution in [-0.4, -0.2) is 47.7 Å². The molecule has 0 radical (unpaired) electrons. The van der Waals surface area contributed by atoms with Crippen molar-refractivity contribution < 1.29 is 17.9 Å². The minimum atomic E-state index is -3.55. The normalized spacial score (nSPS) is 11.5. The number of imidazole rings is 1. The summed E-state index contributed by atoms with van der Waals surface area (Å²) in [5.74, 6) is 0.877. The lowest BCUT2D eigenvalue weighted by atomic mass is 10.5. The molecule has 0 aliphatic rings. The highest BCUT2D eigenvalue weighted by Crippen LogP contribution is 2.27. The molecule has 3 rings (SSSR count). The van der Waals surface area contributed by atoms with Gasteiger partial charge >= 0.3 is 0 Å². The van der Waals surface area contributed by atoms with Crippen LogP contribution in [0.2, 0.25) is 0 Å². The highest BCUT2D eigenvalue weighted by molar-refractivity contribution is 7.91. The first-order valence-electron chi connectivity index (χ1n) is 7.42. The van der Waals surface area contributed by atoms with E-state index in [0.29, 0.717) is 5.65 Å². The van der Waals surface area contributed by atoms with Gasteiger partial charge in [0.25, 0.3) is 0 Å². The molecule has 0 aliphatic heterocycles. The number of sulfone groups is 1. The van der Waals surface area contributed by atoms with Gasteiger partial charge in [0.15, 0.2) is 20.7 Å². The predicted molar refractivity (Wildman–Crippen MR) is 91.3 cm³/mol. The molecule has 1 N–H and O–H groups in total. The van der Waals surface area contributed by atoms with E-state index in [1.807, 2.05) is 0 Å². The number of hydrogen-bond donors (Lipinski definition) is 1. The van der Waals surface area contributed by atoms with Gasteiger partial charge < -0.3 is 14.8 Å². The van der Waals surface area contributed by atoms with Crippen molar-refractivity contribution in [3.63, 3.8) is 0 Å². The lowest BCUT2D eigenvalue weighted by Gasteiger charge is -2.09. The minimum absolute atomic E-state index is 0.0633. The van der Waals surface area contributed by atoms with E-state index < -0.39 is 9.84 Å². The van der Waals surface area contributed by atoms with Gasteiger partial charge in [0.1, 0.15) is 5.65 Å². The summed E-state index contributed by atoms with van der Waals surface area (Å²) in [5, 5.41) is 2.86. The number of rotatable bonds is 6. The number of nitrogens with zero attached hydrogens (tertiary/aromatic N) is 4. The molecule has 0 bridgehead atoms. The zero-order chi connectivity index (χ0) is 18.0. The van der Waals surface area contributed by atoms with Crippen molar-refractivity contribution in [3.05, 3.63) is 30.5 Å². The van der Waals surface area contributed by atoms with Gasteiger partial charge in [-0.2, -0.15) is 9.97 Å². The second-order valence-corrected chi connectivity index (χ2v) is 7.19. The molecule has 3 aromatic heterocycles. The van der Waals surface area contributed by atoms with Crippen LogP contribution in [0.1, 0.15) is 6.92 Å². The van der Waals surface area contributed by atoms with E-state index in [2.05, 4.69) is 20.3 Å². The molecule has 0 unspecified atom stereocenters. The summed E-state index contributed by atoms with van der Waals surface area (Å²) in [7, 11) is -0.625. The van der Waals surface area contributed by atoms with Gasteiger partial charge in [0.05, 0.1) is 26.0 Å². The fraction of sp³-hybridized carbons (Fsp3) is 0.267. The summed E-state index contributed by atoms with van der Waals surface area (Å²) in [6.45, 7) is 1.56. The minimum Gasteiger partial charge on any atom is -0.481 e. The molecule has 0 saturated heterocycles. The molecular weight excluding hydrogens is 346 g/mol. The molecule has 3 aromatic rings. The van der Waals surface area contributed by atoms with Gasteiger partial charge in [-0.15, -0.1) is 0 Å². The van der Waals surface area contributed by atoms with Crippen LogP contribution in [0, 0.1) is 0 Å². The summed E-state index contributed by atoms with van der Waals surface area (Å²) in [5.41, 5.74) is 0.492. The Morgan fingerprint density at radius 1 is 1.12 bits per heavy atom. The second kappa shape index (κ2) is 6.55. The van der Waals surface area contributed by atoms with Crippen molar-refractivity contribution in [1.82, 2.24) is 19.4 Å². The number of anilines is 2. The van der Waals surface area contributed by atoms with Crippen LogP contribution >= 0.6 is 0 Å². The molecule has 0 saturated carbocycles. The fourth-order valence-electron chi connectivity index (χ4n) is 2.22. The zero-order valence-electron chi connectivity index (χ0n) is 13.9. The molecule has 3 heterocycles. The maximum absolute atomic E-state index is 12.4. The smallest absolute Gasteiger partial charge is 0.235 e. The molecule has 0 fully saturated rings. The van der Waals surface area contributed by atoms with E-state index in [0.717, 1.165) is 0 Å². The van der Waals surface area contributed by atoms with E-state index >= 15 is 0 Å². The Hall–Kier alpha value is -2.88. The van der Waals surface area contributed by atoms with Crippen molar-refractivity contribution in [1.29, 1.82) is 0 Å². The van der Waals surface area contributed by atoms with Gasteiger partial charge in [0.2, 0.25) is 17.7 Å². The van der Waals surface area contributed by atoms with Gasteiger partial charge in [-0.25, -0.2) is 13.4 Å². The van der Waals surface area contributed by atoms with Crippen molar-refractivity contribution in [2.45, 2.75) is 11.9 Å². The first-order chi connectivity index (χ1) is 12.0. The number of nitrogens with one attached hydrogen (secondary N) is 1.